The third-order valence-corrected chi connectivity index (χ3v) is 10.7. The number of carbonyl (C=O) groups is 4. The molecule has 3 atom stereocenters. The number of hydrogen-bond acceptors (Lipinski definition) is 6. The fourth-order valence-electron chi connectivity index (χ4n) is 6.75. The van der Waals surface area contributed by atoms with Gasteiger partial charge in [0.2, 0.25) is 17.7 Å². The number of anilines is 1. The molecule has 2 aromatic carbocycles. The van der Waals surface area contributed by atoms with Crippen LogP contribution in [0.15, 0.2) is 47.8 Å². The lowest BCUT2D eigenvalue weighted by Crippen LogP contribution is -2.55. The number of fused-ring (bicyclic) bond motifs is 1. The monoisotopic (exact) mass is 648 g/mol. The molecule has 2 N–H and O–H groups in total. The molecule has 2 heterocycles. The van der Waals surface area contributed by atoms with E-state index in [0.29, 0.717) is 24.2 Å². The van der Waals surface area contributed by atoms with E-state index in [-0.39, 0.29) is 48.0 Å². The highest BCUT2D eigenvalue weighted by Gasteiger charge is 2.35. The fraction of sp³-hybridized carbons (Fsp3) is 0.500. The van der Waals surface area contributed by atoms with Gasteiger partial charge >= 0.3 is 0 Å². The van der Waals surface area contributed by atoms with Crippen molar-refractivity contribution in [2.24, 2.45) is 11.8 Å². The molecule has 3 amide bonds. The van der Waals surface area contributed by atoms with Crippen LogP contribution in [-0.4, -0.2) is 72.6 Å². The van der Waals surface area contributed by atoms with Crippen LogP contribution in [0.4, 0.5) is 10.1 Å². The van der Waals surface area contributed by atoms with Gasteiger partial charge < -0.3 is 20.4 Å². The van der Waals surface area contributed by atoms with Gasteiger partial charge in [-0.2, -0.15) is 0 Å². The summed E-state index contributed by atoms with van der Waals surface area (Å²) in [5.41, 5.74) is 1.21. The van der Waals surface area contributed by atoms with Crippen molar-refractivity contribution in [3.05, 3.63) is 64.8 Å². The SMILES string of the molecule is CCC(=O)N[C@@H](C(=O)N1CCN(C)CC1)[C@@H](C)c1ccc(NC(=O)[C@@H](CC(=O)c2csc3ccccc23)C2CCCCC2)c(F)c1. The zero-order chi connectivity index (χ0) is 32.8. The molecule has 246 valence electrons. The number of ketones is 1. The lowest BCUT2D eigenvalue weighted by atomic mass is 9.77. The Kier molecular flexibility index (Phi) is 11.2. The minimum Gasteiger partial charge on any atom is -0.344 e. The Bertz CT molecular complexity index is 1560. The molecule has 1 aliphatic heterocycles. The highest BCUT2D eigenvalue weighted by atomic mass is 32.1. The average molecular weight is 649 g/mol. The summed E-state index contributed by atoms with van der Waals surface area (Å²) in [6.07, 6.45) is 5.15. The molecule has 1 aliphatic carbocycles. The number of likely N-dealkylation sites (N-methyl/N-ethyl adjacent to an activating group) is 1. The molecule has 2 aliphatic rings. The Labute approximate surface area is 274 Å². The summed E-state index contributed by atoms with van der Waals surface area (Å²) in [7, 11) is 2.00. The second kappa shape index (κ2) is 15.3. The summed E-state index contributed by atoms with van der Waals surface area (Å²) < 4.78 is 16.7. The topological polar surface area (TPSA) is 98.8 Å². The van der Waals surface area contributed by atoms with E-state index in [0.717, 1.165) is 55.3 Å². The molecular weight excluding hydrogens is 603 g/mol. The Morgan fingerprint density at radius 1 is 1.00 bits per heavy atom. The van der Waals surface area contributed by atoms with E-state index in [1.807, 2.05) is 36.7 Å². The van der Waals surface area contributed by atoms with Crippen molar-refractivity contribution >= 4 is 50.6 Å². The van der Waals surface area contributed by atoms with Gasteiger partial charge in [0.05, 0.1) is 5.69 Å². The number of thiophene rings is 1. The number of piperazine rings is 1. The smallest absolute Gasteiger partial charge is 0.245 e. The number of amides is 3. The largest absolute Gasteiger partial charge is 0.344 e. The maximum Gasteiger partial charge on any atom is 0.245 e. The normalized spacial score (nSPS) is 18.1. The van der Waals surface area contributed by atoms with Gasteiger partial charge in [-0.05, 0) is 49.6 Å². The molecule has 3 aromatic rings. The first-order valence-corrected chi connectivity index (χ1v) is 17.4. The number of carbonyl (C=O) groups excluding carboxylic acids is 4. The summed E-state index contributed by atoms with van der Waals surface area (Å²) in [5.74, 6) is -2.50. The molecule has 10 heteroatoms. The predicted molar refractivity (Wildman–Crippen MR) is 181 cm³/mol. The molecule has 1 aromatic heterocycles. The molecule has 2 fully saturated rings. The number of nitrogens with zero attached hydrogens (tertiary/aromatic N) is 2. The van der Waals surface area contributed by atoms with E-state index >= 15 is 4.39 Å². The summed E-state index contributed by atoms with van der Waals surface area (Å²) in [5, 5.41) is 8.43. The second-order valence-corrected chi connectivity index (χ2v) is 13.7. The fourth-order valence-corrected chi connectivity index (χ4v) is 7.71. The van der Waals surface area contributed by atoms with Crippen molar-refractivity contribution in [1.82, 2.24) is 15.1 Å². The first kappa shape index (κ1) is 33.7. The lowest BCUT2D eigenvalue weighted by molar-refractivity contribution is -0.138. The molecule has 0 unspecified atom stereocenters. The van der Waals surface area contributed by atoms with Crippen molar-refractivity contribution in [3.8, 4) is 0 Å². The third-order valence-electron chi connectivity index (χ3n) is 9.74. The van der Waals surface area contributed by atoms with Crippen LogP contribution in [-0.2, 0) is 14.4 Å². The van der Waals surface area contributed by atoms with E-state index in [4.69, 9.17) is 0 Å². The maximum atomic E-state index is 15.7. The molecule has 1 saturated carbocycles. The summed E-state index contributed by atoms with van der Waals surface area (Å²) in [6, 6.07) is 11.5. The number of Topliss-reactive ketones (excluding diaryl/α,β-unsaturated/α-hetero) is 1. The Morgan fingerprint density at radius 3 is 2.41 bits per heavy atom. The van der Waals surface area contributed by atoms with Gasteiger partial charge in [-0.15, -0.1) is 11.3 Å². The Balaban J connectivity index is 1.33. The molecule has 5 rings (SSSR count). The second-order valence-electron chi connectivity index (χ2n) is 12.8. The van der Waals surface area contributed by atoms with Crippen molar-refractivity contribution in [2.45, 2.75) is 70.8 Å². The third kappa shape index (κ3) is 7.83. The highest BCUT2D eigenvalue weighted by molar-refractivity contribution is 7.17. The van der Waals surface area contributed by atoms with Crippen LogP contribution in [0.5, 0.6) is 0 Å². The van der Waals surface area contributed by atoms with E-state index < -0.39 is 23.7 Å². The van der Waals surface area contributed by atoms with Gasteiger partial charge in [0.25, 0.3) is 0 Å². The zero-order valence-corrected chi connectivity index (χ0v) is 27.8. The predicted octanol–water partition coefficient (Wildman–Crippen LogP) is 6.22. The van der Waals surface area contributed by atoms with Crippen LogP contribution in [0.3, 0.4) is 0 Å². The van der Waals surface area contributed by atoms with E-state index in [9.17, 15) is 19.2 Å². The summed E-state index contributed by atoms with van der Waals surface area (Å²) >= 11 is 1.52. The lowest BCUT2D eigenvalue weighted by Gasteiger charge is -2.36. The Hall–Kier alpha value is -3.63. The number of halogens is 1. The average Bonchev–Trinajstić information content (AvgIpc) is 3.51. The Morgan fingerprint density at radius 2 is 1.72 bits per heavy atom. The number of nitrogens with one attached hydrogen (secondary N) is 2. The van der Waals surface area contributed by atoms with Gasteiger partial charge in [0.1, 0.15) is 11.9 Å². The number of rotatable bonds is 11. The van der Waals surface area contributed by atoms with Crippen LogP contribution in [0.1, 0.15) is 80.6 Å². The molecule has 0 bridgehead atoms. The van der Waals surface area contributed by atoms with Gasteiger partial charge in [-0.1, -0.05) is 57.4 Å². The first-order chi connectivity index (χ1) is 22.2. The van der Waals surface area contributed by atoms with Crippen LogP contribution < -0.4 is 10.6 Å². The van der Waals surface area contributed by atoms with Crippen LogP contribution in [0.25, 0.3) is 10.1 Å². The van der Waals surface area contributed by atoms with Gasteiger partial charge in [0, 0.05) is 71.9 Å². The van der Waals surface area contributed by atoms with Gasteiger partial charge in [-0.25, -0.2) is 4.39 Å². The standard InChI is InChI=1S/C36H45FN4O4S/c1-4-33(43)39-34(36(45)41-18-16-40(3)17-19-41)23(2)25-14-15-30(29(37)20-25)38-35(44)27(24-10-6-5-7-11-24)21-31(42)28-22-46-32-13-9-8-12-26(28)32/h8-9,12-15,20,22-24,27,34H,4-7,10-11,16-19,21H2,1-3H3,(H,38,44)(H,39,43)/t23-,27-,34+/m0/s1. The van der Waals surface area contributed by atoms with E-state index in [1.54, 1.807) is 24.8 Å². The molecule has 0 radical (unpaired) electrons. The summed E-state index contributed by atoms with van der Waals surface area (Å²) in [6.45, 7) is 6.15. The molecule has 0 spiro atoms. The minimum absolute atomic E-state index is 0.0368. The quantitative estimate of drug-likeness (QED) is 0.241. The van der Waals surface area contributed by atoms with Crippen LogP contribution in [0.2, 0.25) is 0 Å². The van der Waals surface area contributed by atoms with Crippen molar-refractivity contribution in [1.29, 1.82) is 0 Å². The molecular formula is C36H45FN4O4S. The number of benzene rings is 2. The number of hydrogen-bond donors (Lipinski definition) is 2. The summed E-state index contributed by atoms with van der Waals surface area (Å²) in [4.78, 5) is 57.2. The van der Waals surface area contributed by atoms with Crippen molar-refractivity contribution in [3.63, 3.8) is 0 Å². The van der Waals surface area contributed by atoms with Crippen molar-refractivity contribution < 1.29 is 23.6 Å². The minimum atomic E-state index is -0.842. The van der Waals surface area contributed by atoms with Crippen LogP contribution in [0, 0.1) is 17.7 Å². The molecule has 1 saturated heterocycles. The zero-order valence-electron chi connectivity index (χ0n) is 27.0. The molecule has 8 nitrogen and oxygen atoms in total. The van der Waals surface area contributed by atoms with Gasteiger partial charge in [0.15, 0.2) is 5.78 Å². The maximum absolute atomic E-state index is 15.7. The van der Waals surface area contributed by atoms with Crippen molar-refractivity contribution in [2.75, 3.05) is 38.5 Å². The highest BCUT2D eigenvalue weighted by Crippen LogP contribution is 2.35. The first-order valence-electron chi connectivity index (χ1n) is 16.5. The van der Waals surface area contributed by atoms with Gasteiger partial charge in [-0.3, -0.25) is 19.2 Å². The van der Waals surface area contributed by atoms with Crippen LogP contribution >= 0.6 is 11.3 Å². The molecule has 46 heavy (non-hydrogen) atoms. The van der Waals surface area contributed by atoms with E-state index in [2.05, 4.69) is 15.5 Å². The van der Waals surface area contributed by atoms with E-state index in [1.165, 1.54) is 23.5 Å².